The maximum atomic E-state index is 12.4. The van der Waals surface area contributed by atoms with E-state index in [0.29, 0.717) is 5.69 Å². The van der Waals surface area contributed by atoms with Crippen molar-refractivity contribution < 1.29 is 24.2 Å². The lowest BCUT2D eigenvalue weighted by molar-refractivity contribution is -0.162. The number of ether oxygens (including phenoxy) is 1. The molecular formula is C18H26N2O5S. The number of aliphatic carboxylic acids is 1. The average Bonchev–Trinajstić information content (AvgIpc) is 2.60. The van der Waals surface area contributed by atoms with Crippen molar-refractivity contribution in [1.82, 2.24) is 0 Å². The number of carboxylic acid groups (broad SMARTS) is 1. The largest absolute Gasteiger partial charge is 0.480 e. The molecule has 8 heteroatoms. The number of benzene rings is 1. The van der Waals surface area contributed by atoms with Crippen molar-refractivity contribution in [1.29, 1.82) is 0 Å². The summed E-state index contributed by atoms with van der Waals surface area (Å²) in [6.45, 7) is 6.46. The van der Waals surface area contributed by atoms with Crippen molar-refractivity contribution in [2.24, 2.45) is 11.7 Å². The van der Waals surface area contributed by atoms with Gasteiger partial charge in [-0.25, -0.2) is 14.4 Å². The van der Waals surface area contributed by atoms with Gasteiger partial charge in [-0.3, -0.25) is 0 Å². The lowest BCUT2D eigenvalue weighted by Gasteiger charge is -2.33. The zero-order chi connectivity index (χ0) is 20.0. The first-order valence-corrected chi connectivity index (χ1v) is 9.48. The fourth-order valence-corrected chi connectivity index (χ4v) is 2.76. The van der Waals surface area contributed by atoms with Gasteiger partial charge in [0.2, 0.25) is 0 Å². The fourth-order valence-electron chi connectivity index (χ4n) is 2.31. The van der Waals surface area contributed by atoms with Gasteiger partial charge in [0.1, 0.15) is 18.1 Å². The van der Waals surface area contributed by atoms with Crippen molar-refractivity contribution in [2.75, 3.05) is 11.2 Å². The SMILES string of the molecule is CSc1cccc(N([C@@H](C)C(=O)O)[C@@H](C)C(=O)OC(=O)[C@@H](N)C(C)C)c1. The van der Waals surface area contributed by atoms with Crippen LogP contribution in [-0.2, 0) is 19.1 Å². The maximum Gasteiger partial charge on any atom is 0.336 e. The van der Waals surface area contributed by atoms with Crippen LogP contribution in [0.2, 0.25) is 0 Å². The second kappa shape index (κ2) is 9.59. The van der Waals surface area contributed by atoms with Crippen molar-refractivity contribution in [3.63, 3.8) is 0 Å². The van der Waals surface area contributed by atoms with E-state index in [1.165, 1.54) is 30.5 Å². The molecule has 0 aliphatic heterocycles. The summed E-state index contributed by atoms with van der Waals surface area (Å²) in [6.07, 6.45) is 1.90. The molecule has 0 saturated carbocycles. The van der Waals surface area contributed by atoms with E-state index in [2.05, 4.69) is 0 Å². The minimum Gasteiger partial charge on any atom is -0.480 e. The van der Waals surface area contributed by atoms with Crippen LogP contribution in [0.5, 0.6) is 0 Å². The molecule has 0 radical (unpaired) electrons. The van der Waals surface area contributed by atoms with E-state index in [9.17, 15) is 19.5 Å². The maximum absolute atomic E-state index is 12.4. The predicted octanol–water partition coefficient (Wildman–Crippen LogP) is 2.13. The van der Waals surface area contributed by atoms with Gasteiger partial charge in [0.25, 0.3) is 0 Å². The van der Waals surface area contributed by atoms with Gasteiger partial charge in [0, 0.05) is 10.6 Å². The number of nitrogens with zero attached hydrogens (tertiary/aromatic N) is 1. The second-order valence-corrected chi connectivity index (χ2v) is 7.19. The molecule has 0 heterocycles. The van der Waals surface area contributed by atoms with E-state index < -0.39 is 36.0 Å². The number of rotatable bonds is 8. The Morgan fingerprint density at radius 2 is 1.73 bits per heavy atom. The highest BCUT2D eigenvalue weighted by molar-refractivity contribution is 7.98. The molecule has 26 heavy (non-hydrogen) atoms. The summed E-state index contributed by atoms with van der Waals surface area (Å²) in [5, 5.41) is 9.43. The topological polar surface area (TPSA) is 110 Å². The number of thioether (sulfide) groups is 1. The van der Waals surface area contributed by atoms with Crippen LogP contribution in [0.1, 0.15) is 27.7 Å². The molecule has 1 rings (SSSR count). The monoisotopic (exact) mass is 382 g/mol. The lowest BCUT2D eigenvalue weighted by Crippen LogP contribution is -2.50. The highest BCUT2D eigenvalue weighted by atomic mass is 32.2. The Hall–Kier alpha value is -2.06. The third kappa shape index (κ3) is 5.47. The normalized spacial score (nSPS) is 14.4. The second-order valence-electron chi connectivity index (χ2n) is 6.31. The van der Waals surface area contributed by atoms with E-state index in [4.69, 9.17) is 10.5 Å². The van der Waals surface area contributed by atoms with Gasteiger partial charge in [0.15, 0.2) is 0 Å². The van der Waals surface area contributed by atoms with E-state index in [1.54, 1.807) is 32.0 Å². The van der Waals surface area contributed by atoms with E-state index >= 15 is 0 Å². The Morgan fingerprint density at radius 3 is 2.23 bits per heavy atom. The molecule has 0 aliphatic carbocycles. The quantitative estimate of drug-likeness (QED) is 0.400. The van der Waals surface area contributed by atoms with Gasteiger partial charge in [-0.05, 0) is 44.2 Å². The average molecular weight is 382 g/mol. The summed E-state index contributed by atoms with van der Waals surface area (Å²) in [5.41, 5.74) is 6.26. The van der Waals surface area contributed by atoms with Crippen molar-refractivity contribution in [3.05, 3.63) is 24.3 Å². The van der Waals surface area contributed by atoms with Gasteiger partial charge in [-0.15, -0.1) is 11.8 Å². The van der Waals surface area contributed by atoms with Crippen LogP contribution >= 0.6 is 11.8 Å². The molecule has 3 N–H and O–H groups in total. The number of hydrogen-bond donors (Lipinski definition) is 2. The summed E-state index contributed by atoms with van der Waals surface area (Å²) in [5.74, 6) is -2.94. The van der Waals surface area contributed by atoms with Gasteiger partial charge in [0.05, 0.1) is 0 Å². The van der Waals surface area contributed by atoms with Crippen LogP contribution in [0.15, 0.2) is 29.2 Å². The number of hydrogen-bond acceptors (Lipinski definition) is 7. The minimum atomic E-state index is -1.09. The zero-order valence-electron chi connectivity index (χ0n) is 15.6. The first-order valence-electron chi connectivity index (χ1n) is 8.26. The van der Waals surface area contributed by atoms with E-state index in [0.717, 1.165) is 4.90 Å². The number of nitrogens with two attached hydrogens (primary N) is 1. The Bertz CT molecular complexity index is 665. The number of carbonyl (C=O) groups excluding carboxylic acids is 2. The van der Waals surface area contributed by atoms with Crippen LogP contribution < -0.4 is 10.6 Å². The van der Waals surface area contributed by atoms with Gasteiger partial charge in [-0.2, -0.15) is 0 Å². The van der Waals surface area contributed by atoms with Crippen molar-refractivity contribution >= 4 is 35.4 Å². The molecule has 1 aromatic rings. The molecule has 0 spiro atoms. The molecular weight excluding hydrogens is 356 g/mol. The molecule has 0 unspecified atom stereocenters. The fraction of sp³-hybridized carbons (Fsp3) is 0.500. The molecule has 0 aromatic heterocycles. The number of carboxylic acids is 1. The molecule has 0 bridgehead atoms. The van der Waals surface area contributed by atoms with Crippen molar-refractivity contribution in [2.45, 2.75) is 50.7 Å². The van der Waals surface area contributed by atoms with Crippen LogP contribution in [-0.4, -0.2) is 47.4 Å². The molecule has 7 nitrogen and oxygen atoms in total. The Morgan fingerprint density at radius 1 is 1.12 bits per heavy atom. The summed E-state index contributed by atoms with van der Waals surface area (Å²) in [4.78, 5) is 38.3. The molecule has 0 fully saturated rings. The predicted molar refractivity (Wildman–Crippen MR) is 101 cm³/mol. The van der Waals surface area contributed by atoms with Gasteiger partial charge < -0.3 is 20.5 Å². The molecule has 144 valence electrons. The van der Waals surface area contributed by atoms with E-state index in [1.807, 2.05) is 12.3 Å². The molecule has 0 saturated heterocycles. The summed E-state index contributed by atoms with van der Waals surface area (Å²) >= 11 is 1.50. The van der Waals surface area contributed by atoms with Crippen LogP contribution in [0.4, 0.5) is 5.69 Å². The number of anilines is 1. The van der Waals surface area contributed by atoms with Crippen LogP contribution in [0.3, 0.4) is 0 Å². The van der Waals surface area contributed by atoms with Gasteiger partial charge in [-0.1, -0.05) is 19.9 Å². The number of esters is 2. The zero-order valence-corrected chi connectivity index (χ0v) is 16.4. The third-order valence-corrected chi connectivity index (χ3v) is 4.80. The van der Waals surface area contributed by atoms with Gasteiger partial charge >= 0.3 is 17.9 Å². The van der Waals surface area contributed by atoms with Crippen molar-refractivity contribution in [3.8, 4) is 0 Å². The standard InChI is InChI=1S/C18H26N2O5S/c1-10(2)15(19)18(24)25-17(23)12(4)20(11(3)16(21)22)13-7-6-8-14(9-13)26-5/h6-12,15H,19H2,1-5H3,(H,21,22)/t11-,12-,15-/m0/s1. The molecule has 0 aliphatic rings. The molecule has 3 atom stereocenters. The smallest absolute Gasteiger partial charge is 0.336 e. The van der Waals surface area contributed by atoms with E-state index in [-0.39, 0.29) is 5.92 Å². The highest BCUT2D eigenvalue weighted by Gasteiger charge is 2.33. The molecule has 0 amide bonds. The lowest BCUT2D eigenvalue weighted by atomic mass is 10.1. The van der Waals surface area contributed by atoms with Crippen LogP contribution in [0.25, 0.3) is 0 Å². The molecule has 1 aromatic carbocycles. The number of carbonyl (C=O) groups is 3. The Kier molecular flexibility index (Phi) is 8.10. The van der Waals surface area contributed by atoms with Crippen LogP contribution in [0, 0.1) is 5.92 Å². The summed E-state index contributed by atoms with van der Waals surface area (Å²) < 4.78 is 4.88. The highest BCUT2D eigenvalue weighted by Crippen LogP contribution is 2.26. The Balaban J connectivity index is 3.11. The summed E-state index contributed by atoms with van der Waals surface area (Å²) in [7, 11) is 0. The Labute approximate surface area is 157 Å². The summed E-state index contributed by atoms with van der Waals surface area (Å²) in [6, 6.07) is 4.26. The minimum absolute atomic E-state index is 0.182. The first-order chi connectivity index (χ1) is 12.1. The third-order valence-electron chi connectivity index (χ3n) is 4.08. The first kappa shape index (κ1) is 22.0.